The maximum absolute atomic E-state index is 13.0. The highest BCUT2D eigenvalue weighted by Crippen LogP contribution is 2.21. The molecular formula is C17H15F2NO3S. The molecule has 0 heterocycles. The van der Waals surface area contributed by atoms with Crippen LogP contribution in [0.15, 0.2) is 53.4 Å². The maximum atomic E-state index is 13.0. The zero-order valence-electron chi connectivity index (χ0n) is 12.6. The van der Waals surface area contributed by atoms with Crippen LogP contribution >= 0.6 is 11.8 Å². The van der Waals surface area contributed by atoms with Gasteiger partial charge in [0.2, 0.25) is 0 Å². The van der Waals surface area contributed by atoms with Crippen molar-refractivity contribution < 1.29 is 23.1 Å². The van der Waals surface area contributed by atoms with E-state index in [4.69, 9.17) is 4.74 Å². The molecule has 0 saturated carbocycles. The minimum absolute atomic E-state index is 0.0578. The van der Waals surface area contributed by atoms with Crippen LogP contribution < -0.4 is 5.32 Å². The first kappa shape index (κ1) is 17.9. The van der Waals surface area contributed by atoms with Crippen LogP contribution in [0.1, 0.15) is 6.42 Å². The quantitative estimate of drug-likeness (QED) is 0.611. The maximum Gasteiger partial charge on any atom is 0.307 e. The average Bonchev–Trinajstić information content (AvgIpc) is 2.57. The van der Waals surface area contributed by atoms with Gasteiger partial charge in [-0.1, -0.05) is 18.2 Å². The molecule has 2 aromatic rings. The van der Waals surface area contributed by atoms with Crippen LogP contribution in [0.3, 0.4) is 0 Å². The summed E-state index contributed by atoms with van der Waals surface area (Å²) in [7, 11) is 0. The summed E-state index contributed by atoms with van der Waals surface area (Å²) in [4.78, 5) is 23.7. The molecule has 0 bridgehead atoms. The Labute approximate surface area is 142 Å². The van der Waals surface area contributed by atoms with Crippen LogP contribution in [-0.2, 0) is 14.3 Å². The molecule has 0 spiro atoms. The number of nitrogens with one attached hydrogen (secondary N) is 1. The Kier molecular flexibility index (Phi) is 6.74. The van der Waals surface area contributed by atoms with Gasteiger partial charge < -0.3 is 10.1 Å². The summed E-state index contributed by atoms with van der Waals surface area (Å²) in [5.74, 6) is -2.47. The van der Waals surface area contributed by atoms with Gasteiger partial charge in [-0.15, -0.1) is 11.8 Å². The fourth-order valence-corrected chi connectivity index (χ4v) is 2.61. The smallest absolute Gasteiger partial charge is 0.307 e. The molecule has 0 aliphatic rings. The van der Waals surface area contributed by atoms with Crippen molar-refractivity contribution in [2.75, 3.05) is 17.7 Å². The molecule has 0 saturated heterocycles. The van der Waals surface area contributed by atoms with Crippen molar-refractivity contribution >= 4 is 29.3 Å². The Morgan fingerprint density at radius 2 is 1.79 bits per heavy atom. The van der Waals surface area contributed by atoms with Crippen LogP contribution in [0.2, 0.25) is 0 Å². The molecule has 1 amide bonds. The second kappa shape index (κ2) is 9.02. The first-order chi connectivity index (χ1) is 11.5. The third kappa shape index (κ3) is 6.00. The molecule has 0 aromatic heterocycles. The number of thioether (sulfide) groups is 1. The zero-order chi connectivity index (χ0) is 17.4. The van der Waals surface area contributed by atoms with E-state index >= 15 is 0 Å². The minimum Gasteiger partial charge on any atom is -0.456 e. The summed E-state index contributed by atoms with van der Waals surface area (Å²) in [6.07, 6.45) is 0.0578. The predicted molar refractivity (Wildman–Crippen MR) is 87.7 cm³/mol. The number of hydrogen-bond donors (Lipinski definition) is 1. The molecule has 4 nitrogen and oxygen atoms in total. The van der Waals surface area contributed by atoms with Crippen molar-refractivity contribution in [3.8, 4) is 0 Å². The molecule has 0 fully saturated rings. The van der Waals surface area contributed by atoms with E-state index in [1.807, 2.05) is 6.07 Å². The summed E-state index contributed by atoms with van der Waals surface area (Å²) in [5, 5.41) is 2.59. The third-order valence-electron chi connectivity index (χ3n) is 2.89. The summed E-state index contributed by atoms with van der Waals surface area (Å²) in [5.41, 5.74) is 0.618. The number of hydrogen-bond acceptors (Lipinski definition) is 4. The average molecular weight is 351 g/mol. The molecule has 0 atom stereocenters. The van der Waals surface area contributed by atoms with E-state index in [1.165, 1.54) is 17.8 Å². The predicted octanol–water partition coefficient (Wildman–Crippen LogP) is 3.63. The molecule has 24 heavy (non-hydrogen) atoms. The van der Waals surface area contributed by atoms with E-state index in [1.54, 1.807) is 24.3 Å². The van der Waals surface area contributed by atoms with Gasteiger partial charge in [0.05, 0.1) is 6.42 Å². The molecule has 0 unspecified atom stereocenters. The van der Waals surface area contributed by atoms with E-state index < -0.39 is 23.5 Å². The lowest BCUT2D eigenvalue weighted by Gasteiger charge is -2.06. The highest BCUT2D eigenvalue weighted by Gasteiger charge is 2.09. The Balaban J connectivity index is 1.66. The number of benzene rings is 2. The SMILES string of the molecule is O=C(COC(=O)CCSc1ccc(F)c(F)c1)Nc1ccccc1. The van der Waals surface area contributed by atoms with E-state index in [-0.39, 0.29) is 13.0 Å². The van der Waals surface area contributed by atoms with E-state index in [0.717, 1.165) is 12.1 Å². The Bertz CT molecular complexity index is 710. The highest BCUT2D eigenvalue weighted by molar-refractivity contribution is 7.99. The summed E-state index contributed by atoms with van der Waals surface area (Å²) in [6, 6.07) is 12.3. The molecular weight excluding hydrogens is 336 g/mol. The number of esters is 1. The topological polar surface area (TPSA) is 55.4 Å². The van der Waals surface area contributed by atoms with E-state index in [2.05, 4.69) is 5.32 Å². The van der Waals surface area contributed by atoms with Crippen molar-refractivity contribution in [2.45, 2.75) is 11.3 Å². The first-order valence-electron chi connectivity index (χ1n) is 7.13. The van der Waals surface area contributed by atoms with Crippen molar-refractivity contribution in [3.05, 3.63) is 60.2 Å². The second-order valence-electron chi connectivity index (χ2n) is 4.75. The van der Waals surface area contributed by atoms with Crippen LogP contribution in [0.25, 0.3) is 0 Å². The molecule has 1 N–H and O–H groups in total. The molecule has 0 aliphatic carbocycles. The van der Waals surface area contributed by atoms with Gasteiger partial charge in [0.25, 0.3) is 5.91 Å². The normalized spacial score (nSPS) is 10.2. The number of anilines is 1. The number of ether oxygens (including phenoxy) is 1. The molecule has 126 valence electrons. The standard InChI is InChI=1S/C17H15F2NO3S/c18-14-7-6-13(10-15(14)19)24-9-8-17(22)23-11-16(21)20-12-4-2-1-3-5-12/h1-7,10H,8-9,11H2,(H,20,21). The lowest BCUT2D eigenvalue weighted by atomic mass is 10.3. The molecule has 0 radical (unpaired) electrons. The van der Waals surface area contributed by atoms with Gasteiger partial charge >= 0.3 is 5.97 Å². The van der Waals surface area contributed by atoms with Gasteiger partial charge in [0.15, 0.2) is 18.2 Å². The van der Waals surface area contributed by atoms with Crippen molar-refractivity contribution in [2.24, 2.45) is 0 Å². The van der Waals surface area contributed by atoms with E-state index in [9.17, 15) is 18.4 Å². The summed E-state index contributed by atoms with van der Waals surface area (Å²) < 4.78 is 30.7. The zero-order valence-corrected chi connectivity index (χ0v) is 13.4. The number of amides is 1. The number of halogens is 2. The largest absolute Gasteiger partial charge is 0.456 e. The third-order valence-corrected chi connectivity index (χ3v) is 3.88. The van der Waals surface area contributed by atoms with E-state index in [0.29, 0.717) is 16.3 Å². The second-order valence-corrected chi connectivity index (χ2v) is 5.92. The van der Waals surface area contributed by atoms with Crippen molar-refractivity contribution in [1.29, 1.82) is 0 Å². The lowest BCUT2D eigenvalue weighted by molar-refractivity contribution is -0.146. The number of para-hydroxylation sites is 1. The lowest BCUT2D eigenvalue weighted by Crippen LogP contribution is -2.20. The van der Waals surface area contributed by atoms with Crippen molar-refractivity contribution in [1.82, 2.24) is 0 Å². The molecule has 2 rings (SSSR count). The van der Waals surface area contributed by atoms with Crippen molar-refractivity contribution in [3.63, 3.8) is 0 Å². The van der Waals surface area contributed by atoms with Crippen LogP contribution in [-0.4, -0.2) is 24.2 Å². The minimum atomic E-state index is -0.930. The van der Waals surface area contributed by atoms with Gasteiger partial charge in [-0.25, -0.2) is 8.78 Å². The molecule has 0 aliphatic heterocycles. The number of rotatable bonds is 7. The van der Waals surface area contributed by atoms with Gasteiger partial charge in [0, 0.05) is 16.3 Å². The molecule has 7 heteroatoms. The first-order valence-corrected chi connectivity index (χ1v) is 8.11. The fraction of sp³-hybridized carbons (Fsp3) is 0.176. The molecule has 2 aromatic carbocycles. The monoisotopic (exact) mass is 351 g/mol. The Hall–Kier alpha value is -2.41. The Morgan fingerprint density at radius 3 is 2.50 bits per heavy atom. The number of carbonyl (C=O) groups excluding carboxylic acids is 2. The summed E-state index contributed by atoms with van der Waals surface area (Å²) >= 11 is 1.20. The van der Waals surface area contributed by atoms with Crippen LogP contribution in [0.5, 0.6) is 0 Å². The fourth-order valence-electron chi connectivity index (χ4n) is 1.76. The summed E-state index contributed by atoms with van der Waals surface area (Å²) in [6.45, 7) is -0.371. The van der Waals surface area contributed by atoms with Gasteiger partial charge in [0.1, 0.15) is 0 Å². The van der Waals surface area contributed by atoms with Gasteiger partial charge in [-0.3, -0.25) is 9.59 Å². The van der Waals surface area contributed by atoms with Crippen LogP contribution in [0, 0.1) is 11.6 Å². The van der Waals surface area contributed by atoms with Crippen LogP contribution in [0.4, 0.5) is 14.5 Å². The number of carbonyl (C=O) groups is 2. The Morgan fingerprint density at radius 1 is 1.04 bits per heavy atom. The van der Waals surface area contributed by atoms with Gasteiger partial charge in [-0.05, 0) is 30.3 Å². The highest BCUT2D eigenvalue weighted by atomic mass is 32.2. The van der Waals surface area contributed by atoms with Gasteiger partial charge in [-0.2, -0.15) is 0 Å².